The molecular formula is C16H25F2N. The molecule has 1 rings (SSSR count). The topological polar surface area (TPSA) is 12.0 Å². The summed E-state index contributed by atoms with van der Waals surface area (Å²) in [7, 11) is 0. The maximum atomic E-state index is 13.2. The molecule has 0 aliphatic carbocycles. The van der Waals surface area contributed by atoms with E-state index in [4.69, 9.17) is 0 Å². The van der Waals surface area contributed by atoms with Gasteiger partial charge in [0.15, 0.2) is 0 Å². The minimum absolute atomic E-state index is 0.0949. The van der Waals surface area contributed by atoms with Crippen molar-refractivity contribution in [2.24, 2.45) is 5.41 Å². The molecule has 0 amide bonds. The summed E-state index contributed by atoms with van der Waals surface area (Å²) in [6.07, 6.45) is 0.974. The Morgan fingerprint density at radius 3 is 1.89 bits per heavy atom. The Kier molecular flexibility index (Phi) is 4.72. The lowest BCUT2D eigenvalue weighted by Crippen LogP contribution is -2.43. The fourth-order valence-corrected chi connectivity index (χ4v) is 2.87. The molecule has 0 aliphatic heterocycles. The number of benzene rings is 1. The van der Waals surface area contributed by atoms with Crippen LogP contribution >= 0.6 is 0 Å². The van der Waals surface area contributed by atoms with E-state index in [1.165, 1.54) is 12.1 Å². The van der Waals surface area contributed by atoms with Crippen molar-refractivity contribution < 1.29 is 8.78 Å². The van der Waals surface area contributed by atoms with Crippen LogP contribution in [0.4, 0.5) is 8.78 Å². The van der Waals surface area contributed by atoms with Gasteiger partial charge in [0.05, 0.1) is 0 Å². The van der Waals surface area contributed by atoms with Crippen molar-refractivity contribution in [3.63, 3.8) is 0 Å². The minimum Gasteiger partial charge on any atom is -0.305 e. The van der Waals surface area contributed by atoms with Crippen molar-refractivity contribution in [1.82, 2.24) is 5.32 Å². The summed E-state index contributed by atoms with van der Waals surface area (Å²) in [5, 5.41) is 3.45. The van der Waals surface area contributed by atoms with Crippen molar-refractivity contribution in [2.75, 3.05) is 0 Å². The maximum absolute atomic E-state index is 13.2. The van der Waals surface area contributed by atoms with E-state index in [-0.39, 0.29) is 17.0 Å². The summed E-state index contributed by atoms with van der Waals surface area (Å²) in [5.74, 6) is -1.06. The van der Waals surface area contributed by atoms with E-state index >= 15 is 0 Å². The second kappa shape index (κ2) is 5.58. The smallest absolute Gasteiger partial charge is 0.126 e. The first-order valence-electron chi connectivity index (χ1n) is 6.72. The summed E-state index contributed by atoms with van der Waals surface area (Å²) >= 11 is 0. The number of hydrogen-bond acceptors (Lipinski definition) is 1. The Labute approximate surface area is 115 Å². The molecule has 0 radical (unpaired) electrons. The second-order valence-electron chi connectivity index (χ2n) is 7.19. The van der Waals surface area contributed by atoms with Gasteiger partial charge in [-0.15, -0.1) is 0 Å². The van der Waals surface area contributed by atoms with Gasteiger partial charge >= 0.3 is 0 Å². The van der Waals surface area contributed by atoms with Crippen molar-refractivity contribution in [3.8, 4) is 0 Å². The van der Waals surface area contributed by atoms with Crippen LogP contribution in [-0.2, 0) is 0 Å². The molecule has 0 heterocycles. The zero-order valence-corrected chi connectivity index (χ0v) is 12.8. The molecule has 0 spiro atoms. The van der Waals surface area contributed by atoms with Crippen LogP contribution in [-0.4, -0.2) is 5.54 Å². The molecule has 1 aromatic rings. The Balaban J connectivity index is 2.81. The van der Waals surface area contributed by atoms with Crippen molar-refractivity contribution in [3.05, 3.63) is 35.4 Å². The quantitative estimate of drug-likeness (QED) is 0.825. The Bertz CT molecular complexity index is 413. The minimum atomic E-state index is -0.530. The first kappa shape index (κ1) is 16.1. The van der Waals surface area contributed by atoms with Gasteiger partial charge in [-0.1, -0.05) is 20.8 Å². The molecule has 108 valence electrons. The van der Waals surface area contributed by atoms with Crippen LogP contribution in [0.5, 0.6) is 0 Å². The van der Waals surface area contributed by atoms with E-state index in [1.807, 2.05) is 6.92 Å². The van der Waals surface area contributed by atoms with Gasteiger partial charge in [0.25, 0.3) is 0 Å². The van der Waals surface area contributed by atoms with Crippen LogP contribution in [0, 0.1) is 17.0 Å². The number of nitrogens with one attached hydrogen (secondary N) is 1. The third-order valence-corrected chi connectivity index (χ3v) is 2.96. The molecule has 0 bridgehead atoms. The average molecular weight is 269 g/mol. The zero-order chi connectivity index (χ0) is 14.8. The maximum Gasteiger partial charge on any atom is 0.126 e. The summed E-state index contributed by atoms with van der Waals surface area (Å²) in [6.45, 7) is 12.7. The van der Waals surface area contributed by atoms with Crippen molar-refractivity contribution in [2.45, 2.75) is 59.5 Å². The zero-order valence-electron chi connectivity index (χ0n) is 12.8. The molecule has 0 fully saturated rings. The summed E-state index contributed by atoms with van der Waals surface area (Å²) < 4.78 is 26.4. The van der Waals surface area contributed by atoms with Gasteiger partial charge in [0.1, 0.15) is 11.6 Å². The average Bonchev–Trinajstić information content (AvgIpc) is 2.10. The molecule has 3 heteroatoms. The molecule has 0 aromatic heterocycles. The monoisotopic (exact) mass is 269 g/mol. The fourth-order valence-electron chi connectivity index (χ4n) is 2.87. The van der Waals surface area contributed by atoms with Gasteiger partial charge in [-0.2, -0.15) is 0 Å². The number of hydrogen-bond donors (Lipinski definition) is 1. The third kappa shape index (κ3) is 5.68. The molecule has 1 N–H and O–H groups in total. The van der Waals surface area contributed by atoms with Crippen LogP contribution in [0.15, 0.2) is 18.2 Å². The number of rotatable bonds is 4. The Morgan fingerprint density at radius 2 is 1.47 bits per heavy atom. The van der Waals surface area contributed by atoms with Crippen molar-refractivity contribution >= 4 is 0 Å². The predicted octanol–water partition coefficient (Wildman–Crippen LogP) is 4.83. The van der Waals surface area contributed by atoms with Crippen LogP contribution in [0.25, 0.3) is 0 Å². The highest BCUT2D eigenvalue weighted by molar-refractivity contribution is 5.21. The first-order valence-corrected chi connectivity index (χ1v) is 6.72. The van der Waals surface area contributed by atoms with E-state index in [1.54, 1.807) is 0 Å². The molecular weight excluding hydrogens is 244 g/mol. The molecule has 0 saturated heterocycles. The lowest BCUT2D eigenvalue weighted by molar-refractivity contribution is 0.226. The van der Waals surface area contributed by atoms with E-state index in [9.17, 15) is 8.78 Å². The third-order valence-electron chi connectivity index (χ3n) is 2.96. The molecule has 1 atom stereocenters. The highest BCUT2D eigenvalue weighted by Crippen LogP contribution is 2.29. The van der Waals surface area contributed by atoms with Crippen LogP contribution < -0.4 is 5.32 Å². The Morgan fingerprint density at radius 1 is 1.00 bits per heavy atom. The molecule has 1 nitrogen and oxygen atoms in total. The molecule has 1 unspecified atom stereocenters. The molecule has 0 aliphatic rings. The largest absolute Gasteiger partial charge is 0.305 e. The van der Waals surface area contributed by atoms with Gasteiger partial charge < -0.3 is 5.32 Å². The number of halogens is 2. The molecule has 19 heavy (non-hydrogen) atoms. The van der Waals surface area contributed by atoms with Gasteiger partial charge in [-0.3, -0.25) is 0 Å². The van der Waals surface area contributed by atoms with Gasteiger partial charge in [0, 0.05) is 17.6 Å². The summed E-state index contributed by atoms with van der Waals surface area (Å²) in [4.78, 5) is 0. The van der Waals surface area contributed by atoms with Gasteiger partial charge in [0.2, 0.25) is 0 Å². The van der Waals surface area contributed by atoms with Crippen LogP contribution in [0.2, 0.25) is 0 Å². The summed E-state index contributed by atoms with van der Waals surface area (Å²) in [5.41, 5.74) is 0.739. The standard InChI is InChI=1S/C16H25F2N/c1-11(12-7-13(17)9-14(18)8-12)19-16(5,6)10-15(2,3)4/h7-9,11,19H,10H2,1-6H3. The van der Waals surface area contributed by atoms with E-state index in [0.717, 1.165) is 12.5 Å². The van der Waals surface area contributed by atoms with Gasteiger partial charge in [-0.05, 0) is 50.3 Å². The first-order chi connectivity index (χ1) is 8.48. The van der Waals surface area contributed by atoms with E-state index < -0.39 is 11.6 Å². The normalized spacial score (nSPS) is 14.5. The molecule has 0 saturated carbocycles. The van der Waals surface area contributed by atoms with Crippen LogP contribution in [0.1, 0.15) is 59.6 Å². The fraction of sp³-hybridized carbons (Fsp3) is 0.625. The highest BCUT2D eigenvalue weighted by atomic mass is 19.1. The summed E-state index contributed by atoms with van der Waals surface area (Å²) in [6, 6.07) is 3.57. The van der Waals surface area contributed by atoms with Crippen molar-refractivity contribution in [1.29, 1.82) is 0 Å². The van der Waals surface area contributed by atoms with Crippen LogP contribution in [0.3, 0.4) is 0 Å². The SMILES string of the molecule is CC(NC(C)(C)CC(C)(C)C)c1cc(F)cc(F)c1. The van der Waals surface area contributed by atoms with Gasteiger partial charge in [-0.25, -0.2) is 8.78 Å². The Hall–Kier alpha value is -0.960. The lowest BCUT2D eigenvalue weighted by atomic mass is 9.81. The van der Waals surface area contributed by atoms with E-state index in [2.05, 4.69) is 39.9 Å². The molecule has 1 aromatic carbocycles. The lowest BCUT2D eigenvalue weighted by Gasteiger charge is -2.36. The second-order valence-corrected chi connectivity index (χ2v) is 7.19. The predicted molar refractivity (Wildman–Crippen MR) is 76.1 cm³/mol. The highest BCUT2D eigenvalue weighted by Gasteiger charge is 2.27. The van der Waals surface area contributed by atoms with E-state index in [0.29, 0.717) is 5.56 Å².